The van der Waals surface area contributed by atoms with E-state index in [0.717, 1.165) is 10.8 Å². The maximum atomic E-state index is 4.26. The van der Waals surface area contributed by atoms with Crippen LogP contribution in [0.3, 0.4) is 0 Å². The Morgan fingerprint density at radius 3 is 2.78 bits per heavy atom. The van der Waals surface area contributed by atoms with Gasteiger partial charge in [0.25, 0.3) is 0 Å². The van der Waals surface area contributed by atoms with E-state index in [9.17, 15) is 0 Å². The second-order valence-corrected chi connectivity index (χ2v) is 4.85. The van der Waals surface area contributed by atoms with Gasteiger partial charge in [-0.05, 0) is 24.0 Å². The summed E-state index contributed by atoms with van der Waals surface area (Å²) in [6.07, 6.45) is 10.0. The number of hydrogen-bond acceptors (Lipinski definition) is 4. The number of hydrogen-bond donors (Lipinski definition) is 2. The van der Waals surface area contributed by atoms with Crippen LogP contribution in [0.4, 0.5) is 10.8 Å². The van der Waals surface area contributed by atoms with E-state index in [1.807, 2.05) is 23.8 Å². The number of aromatic nitrogens is 1. The van der Waals surface area contributed by atoms with E-state index in [4.69, 9.17) is 0 Å². The summed E-state index contributed by atoms with van der Waals surface area (Å²) in [6.45, 7) is 0. The van der Waals surface area contributed by atoms with Crippen molar-refractivity contribution in [3.8, 4) is 0 Å². The van der Waals surface area contributed by atoms with E-state index in [-0.39, 0.29) is 0 Å². The van der Waals surface area contributed by atoms with Crippen LogP contribution >= 0.6 is 11.3 Å². The van der Waals surface area contributed by atoms with Crippen molar-refractivity contribution in [1.29, 1.82) is 0 Å². The molecule has 3 nitrogen and oxygen atoms in total. The van der Waals surface area contributed by atoms with Crippen LogP contribution in [0.15, 0.2) is 60.4 Å². The minimum absolute atomic E-state index is 0.301. The molecule has 0 bridgehead atoms. The Morgan fingerprint density at radius 2 is 2.00 bits per heavy atom. The summed E-state index contributed by atoms with van der Waals surface area (Å²) in [5, 5.41) is 9.31. The van der Waals surface area contributed by atoms with Gasteiger partial charge >= 0.3 is 0 Å². The third kappa shape index (κ3) is 2.28. The van der Waals surface area contributed by atoms with Gasteiger partial charge < -0.3 is 10.6 Å². The fourth-order valence-corrected chi connectivity index (χ4v) is 2.49. The first kappa shape index (κ1) is 11.0. The number of thiazole rings is 1. The van der Waals surface area contributed by atoms with Gasteiger partial charge in [0, 0.05) is 23.2 Å². The van der Waals surface area contributed by atoms with Crippen LogP contribution in [0.5, 0.6) is 0 Å². The summed E-state index contributed by atoms with van der Waals surface area (Å²) in [5.41, 5.74) is 2.36. The van der Waals surface area contributed by atoms with Crippen molar-refractivity contribution in [2.45, 2.75) is 5.92 Å². The SMILES string of the molecule is C1=CC(c2ccccc2Nc2nccs2)C=CN1. The molecule has 2 heterocycles. The second-order valence-electron chi connectivity index (χ2n) is 3.96. The highest BCUT2D eigenvalue weighted by Gasteiger charge is 2.11. The molecule has 0 aliphatic carbocycles. The molecule has 1 aromatic carbocycles. The third-order valence-corrected chi connectivity index (χ3v) is 3.48. The van der Waals surface area contributed by atoms with Crippen LogP contribution in [0.25, 0.3) is 0 Å². The van der Waals surface area contributed by atoms with Crippen molar-refractivity contribution in [2.75, 3.05) is 5.32 Å². The van der Waals surface area contributed by atoms with Crippen molar-refractivity contribution in [3.63, 3.8) is 0 Å². The van der Waals surface area contributed by atoms with Crippen LogP contribution in [0, 0.1) is 0 Å². The molecule has 0 radical (unpaired) electrons. The monoisotopic (exact) mass is 255 g/mol. The highest BCUT2D eigenvalue weighted by molar-refractivity contribution is 7.13. The second kappa shape index (κ2) is 5.06. The van der Waals surface area contributed by atoms with E-state index in [0.29, 0.717) is 5.92 Å². The van der Waals surface area contributed by atoms with Crippen LogP contribution in [-0.2, 0) is 0 Å². The van der Waals surface area contributed by atoms with Crippen molar-refractivity contribution in [2.24, 2.45) is 0 Å². The average Bonchev–Trinajstić information content (AvgIpc) is 2.93. The van der Waals surface area contributed by atoms with Crippen molar-refractivity contribution < 1.29 is 0 Å². The molecule has 2 aromatic rings. The summed E-state index contributed by atoms with van der Waals surface area (Å²) in [5.74, 6) is 0.301. The zero-order chi connectivity index (χ0) is 12.2. The average molecular weight is 255 g/mol. The molecule has 0 amide bonds. The van der Waals surface area contributed by atoms with E-state index in [2.05, 4.69) is 46.0 Å². The van der Waals surface area contributed by atoms with Gasteiger partial charge in [-0.3, -0.25) is 0 Å². The molecule has 90 valence electrons. The van der Waals surface area contributed by atoms with E-state index >= 15 is 0 Å². The number of allylic oxidation sites excluding steroid dienone is 2. The molecule has 1 aromatic heterocycles. The van der Waals surface area contributed by atoms with Crippen molar-refractivity contribution in [1.82, 2.24) is 10.3 Å². The highest BCUT2D eigenvalue weighted by Crippen LogP contribution is 2.30. The molecule has 0 spiro atoms. The van der Waals surface area contributed by atoms with Crippen LogP contribution in [0.1, 0.15) is 11.5 Å². The zero-order valence-corrected chi connectivity index (χ0v) is 10.5. The summed E-state index contributed by atoms with van der Waals surface area (Å²) in [4.78, 5) is 4.26. The maximum Gasteiger partial charge on any atom is 0.187 e. The first-order valence-electron chi connectivity index (χ1n) is 5.78. The largest absolute Gasteiger partial charge is 0.368 e. The van der Waals surface area contributed by atoms with Crippen LogP contribution in [-0.4, -0.2) is 4.98 Å². The Balaban J connectivity index is 1.92. The van der Waals surface area contributed by atoms with E-state index in [1.165, 1.54) is 5.56 Å². The number of benzene rings is 1. The quantitative estimate of drug-likeness (QED) is 0.880. The lowest BCUT2D eigenvalue weighted by Crippen LogP contribution is -2.05. The minimum Gasteiger partial charge on any atom is -0.368 e. The molecule has 0 saturated carbocycles. The molecule has 0 fully saturated rings. The van der Waals surface area contributed by atoms with Crippen molar-refractivity contribution >= 4 is 22.2 Å². The summed E-state index contributed by atoms with van der Waals surface area (Å²) >= 11 is 1.60. The predicted molar refractivity (Wildman–Crippen MR) is 76.0 cm³/mol. The van der Waals surface area contributed by atoms with Gasteiger partial charge in [-0.25, -0.2) is 4.98 Å². The topological polar surface area (TPSA) is 37.0 Å². The smallest absolute Gasteiger partial charge is 0.187 e. The molecular formula is C14H13N3S. The molecule has 4 heteroatoms. The Kier molecular flexibility index (Phi) is 3.10. The normalized spacial score (nSPS) is 14.4. The number of nitrogens with zero attached hydrogens (tertiary/aromatic N) is 1. The molecule has 0 saturated heterocycles. The first-order chi connectivity index (χ1) is 8.93. The van der Waals surface area contributed by atoms with Gasteiger partial charge in [0.1, 0.15) is 0 Å². The standard InChI is InChI=1S/C14H13N3S/c1-2-4-13(17-14-16-9-10-18-14)12(3-1)11-5-7-15-8-6-11/h1-11,15H,(H,16,17). The number of nitrogens with one attached hydrogen (secondary N) is 2. The van der Waals surface area contributed by atoms with Gasteiger partial charge in [0.2, 0.25) is 0 Å². The Hall–Kier alpha value is -2.07. The molecule has 3 rings (SSSR count). The lowest BCUT2D eigenvalue weighted by atomic mass is 9.96. The summed E-state index contributed by atoms with van der Waals surface area (Å²) < 4.78 is 0. The molecular weight excluding hydrogens is 242 g/mol. The number of para-hydroxylation sites is 1. The molecule has 18 heavy (non-hydrogen) atoms. The van der Waals surface area contributed by atoms with Crippen LogP contribution in [0.2, 0.25) is 0 Å². The lowest BCUT2D eigenvalue weighted by molar-refractivity contribution is 0.996. The Morgan fingerprint density at radius 1 is 1.17 bits per heavy atom. The van der Waals surface area contributed by atoms with Crippen LogP contribution < -0.4 is 10.6 Å². The predicted octanol–water partition coefficient (Wildman–Crippen LogP) is 3.60. The molecule has 1 aliphatic heterocycles. The Bertz CT molecular complexity index is 560. The van der Waals surface area contributed by atoms with E-state index in [1.54, 1.807) is 17.5 Å². The molecule has 2 N–H and O–H groups in total. The zero-order valence-electron chi connectivity index (χ0n) is 9.71. The number of rotatable bonds is 3. The number of dihydropyridines is 1. The fourth-order valence-electron chi connectivity index (χ4n) is 1.95. The summed E-state index contributed by atoms with van der Waals surface area (Å²) in [7, 11) is 0. The maximum absolute atomic E-state index is 4.26. The molecule has 0 atom stereocenters. The van der Waals surface area contributed by atoms with Gasteiger partial charge in [-0.1, -0.05) is 30.4 Å². The molecule has 0 unspecified atom stereocenters. The molecule has 1 aliphatic rings. The van der Waals surface area contributed by atoms with Gasteiger partial charge in [0.15, 0.2) is 5.13 Å². The highest BCUT2D eigenvalue weighted by atomic mass is 32.1. The van der Waals surface area contributed by atoms with Gasteiger partial charge in [-0.2, -0.15) is 0 Å². The van der Waals surface area contributed by atoms with E-state index < -0.39 is 0 Å². The fraction of sp³-hybridized carbons (Fsp3) is 0.0714. The van der Waals surface area contributed by atoms with Crippen molar-refractivity contribution in [3.05, 3.63) is 66.0 Å². The minimum atomic E-state index is 0.301. The van der Waals surface area contributed by atoms with Gasteiger partial charge in [0.05, 0.1) is 0 Å². The Labute approximate surface area is 110 Å². The first-order valence-corrected chi connectivity index (χ1v) is 6.66. The van der Waals surface area contributed by atoms with Gasteiger partial charge in [-0.15, -0.1) is 11.3 Å². The third-order valence-electron chi connectivity index (χ3n) is 2.79. The summed E-state index contributed by atoms with van der Waals surface area (Å²) in [6, 6.07) is 8.32. The number of anilines is 2. The lowest BCUT2D eigenvalue weighted by Gasteiger charge is -2.16.